The summed E-state index contributed by atoms with van der Waals surface area (Å²) in [6, 6.07) is 8.01. The molecule has 98 valence electrons. The first-order valence-corrected chi connectivity index (χ1v) is 5.58. The number of hydrogen-bond acceptors (Lipinski definition) is 5. The van der Waals surface area contributed by atoms with E-state index in [2.05, 4.69) is 10.1 Å². The third-order valence-electron chi connectivity index (χ3n) is 2.23. The Labute approximate surface area is 115 Å². The zero-order valence-electron chi connectivity index (χ0n) is 10.0. The highest BCUT2D eigenvalue weighted by Crippen LogP contribution is 2.13. The smallest absolute Gasteiger partial charge is 0.337 e. The monoisotopic (exact) mass is 277 g/mol. The van der Waals surface area contributed by atoms with Gasteiger partial charge in [-0.1, -0.05) is 18.3 Å². The number of nitrogens with zero attached hydrogens (tertiary/aromatic N) is 1. The number of esters is 1. The second-order valence-electron chi connectivity index (χ2n) is 3.53. The lowest BCUT2D eigenvalue weighted by molar-refractivity contribution is -0.118. The molecule has 7 heteroatoms. The SMILES string of the molecule is COC(=O)c1cccc(NC(=S)C(C#N)C(N)=O)c1. The number of carbonyl (C=O) groups excluding carboxylic acids is 2. The molecule has 1 aromatic carbocycles. The first-order chi connectivity index (χ1) is 8.99. The zero-order valence-corrected chi connectivity index (χ0v) is 10.9. The van der Waals surface area contributed by atoms with Crippen molar-refractivity contribution < 1.29 is 14.3 Å². The summed E-state index contributed by atoms with van der Waals surface area (Å²) in [5.74, 6) is -2.54. The maximum Gasteiger partial charge on any atom is 0.337 e. The molecule has 19 heavy (non-hydrogen) atoms. The van der Waals surface area contributed by atoms with Gasteiger partial charge in [-0.05, 0) is 18.2 Å². The first-order valence-electron chi connectivity index (χ1n) is 5.17. The third-order valence-corrected chi connectivity index (χ3v) is 2.56. The molecule has 6 nitrogen and oxygen atoms in total. The lowest BCUT2D eigenvalue weighted by Crippen LogP contribution is -2.32. The number of methoxy groups -OCH3 is 1. The predicted molar refractivity (Wildman–Crippen MR) is 72.3 cm³/mol. The van der Waals surface area contributed by atoms with Crippen molar-refractivity contribution in [2.45, 2.75) is 0 Å². The van der Waals surface area contributed by atoms with Crippen molar-refractivity contribution in [3.63, 3.8) is 0 Å². The maximum atomic E-state index is 11.3. The highest BCUT2D eigenvalue weighted by molar-refractivity contribution is 7.80. The molecule has 1 rings (SSSR count). The van der Waals surface area contributed by atoms with Gasteiger partial charge in [0.1, 0.15) is 4.99 Å². The molecule has 0 heterocycles. The number of ether oxygens (including phenoxy) is 1. The molecule has 1 atom stereocenters. The van der Waals surface area contributed by atoms with Crippen LogP contribution < -0.4 is 11.1 Å². The van der Waals surface area contributed by atoms with Crippen LogP contribution in [-0.4, -0.2) is 24.0 Å². The molecule has 0 bridgehead atoms. The second-order valence-corrected chi connectivity index (χ2v) is 3.97. The summed E-state index contributed by atoms with van der Waals surface area (Å²) in [6.07, 6.45) is 0. The summed E-state index contributed by atoms with van der Waals surface area (Å²) < 4.78 is 4.58. The quantitative estimate of drug-likeness (QED) is 0.624. The minimum atomic E-state index is -1.21. The van der Waals surface area contributed by atoms with Gasteiger partial charge in [0.05, 0.1) is 18.7 Å². The number of nitrogens with one attached hydrogen (secondary N) is 1. The Morgan fingerprint density at radius 1 is 1.53 bits per heavy atom. The van der Waals surface area contributed by atoms with E-state index in [1.54, 1.807) is 24.3 Å². The Morgan fingerprint density at radius 3 is 2.74 bits per heavy atom. The van der Waals surface area contributed by atoms with Gasteiger partial charge in [-0.25, -0.2) is 4.79 Å². The number of amides is 1. The van der Waals surface area contributed by atoms with E-state index in [1.807, 2.05) is 0 Å². The number of primary amides is 1. The molecule has 0 aliphatic carbocycles. The molecule has 0 aliphatic heterocycles. The lowest BCUT2D eigenvalue weighted by atomic mass is 10.1. The second kappa shape index (κ2) is 6.47. The van der Waals surface area contributed by atoms with Crippen LogP contribution in [0.4, 0.5) is 5.69 Å². The van der Waals surface area contributed by atoms with Gasteiger partial charge in [-0.3, -0.25) is 4.79 Å². The molecule has 0 spiro atoms. The first kappa shape index (κ1) is 14.6. The van der Waals surface area contributed by atoms with E-state index in [0.29, 0.717) is 11.3 Å². The van der Waals surface area contributed by atoms with Gasteiger partial charge in [0.15, 0.2) is 5.92 Å². The molecule has 0 saturated carbocycles. The molecule has 1 amide bonds. The molecule has 1 unspecified atom stereocenters. The number of thiocarbonyl (C=S) groups is 1. The summed E-state index contributed by atoms with van der Waals surface area (Å²) in [7, 11) is 1.27. The number of anilines is 1. The van der Waals surface area contributed by atoms with E-state index in [9.17, 15) is 9.59 Å². The average molecular weight is 277 g/mol. The van der Waals surface area contributed by atoms with Crippen LogP contribution in [0.15, 0.2) is 24.3 Å². The summed E-state index contributed by atoms with van der Waals surface area (Å²) in [5, 5.41) is 11.5. The fourth-order valence-electron chi connectivity index (χ4n) is 1.31. The number of rotatable bonds is 4. The van der Waals surface area contributed by atoms with E-state index >= 15 is 0 Å². The Kier molecular flexibility index (Phi) is 4.97. The molecule has 0 radical (unpaired) electrons. The topological polar surface area (TPSA) is 105 Å². The van der Waals surface area contributed by atoms with Gasteiger partial charge in [0.25, 0.3) is 0 Å². The normalized spacial score (nSPS) is 10.9. The summed E-state index contributed by atoms with van der Waals surface area (Å²) in [5.41, 5.74) is 5.83. The highest BCUT2D eigenvalue weighted by atomic mass is 32.1. The Hall–Kier alpha value is -2.46. The molecule has 3 N–H and O–H groups in total. The number of benzene rings is 1. The Balaban J connectivity index is 2.89. The third kappa shape index (κ3) is 3.76. The van der Waals surface area contributed by atoms with Gasteiger partial charge >= 0.3 is 5.97 Å². The Bertz CT molecular complexity index is 566. The summed E-state index contributed by atoms with van der Waals surface area (Å²) in [6.45, 7) is 0. The van der Waals surface area contributed by atoms with Crippen LogP contribution in [0.1, 0.15) is 10.4 Å². The fourth-order valence-corrected chi connectivity index (χ4v) is 1.59. The van der Waals surface area contributed by atoms with Gasteiger partial charge < -0.3 is 15.8 Å². The van der Waals surface area contributed by atoms with Crippen molar-refractivity contribution in [3.8, 4) is 6.07 Å². The van der Waals surface area contributed by atoms with E-state index in [1.165, 1.54) is 13.2 Å². The van der Waals surface area contributed by atoms with Crippen LogP contribution in [-0.2, 0) is 9.53 Å². The largest absolute Gasteiger partial charge is 0.465 e. The highest BCUT2D eigenvalue weighted by Gasteiger charge is 2.20. The predicted octanol–water partition coefficient (Wildman–Crippen LogP) is 0.838. The molecule has 1 aromatic rings. The molecule has 0 aliphatic rings. The van der Waals surface area contributed by atoms with Crippen LogP contribution in [0.3, 0.4) is 0 Å². The van der Waals surface area contributed by atoms with E-state index in [4.69, 9.17) is 23.2 Å². The van der Waals surface area contributed by atoms with Crippen molar-refractivity contribution in [2.24, 2.45) is 11.7 Å². The number of nitrogens with two attached hydrogens (primary N) is 1. The van der Waals surface area contributed by atoms with Crippen molar-refractivity contribution in [2.75, 3.05) is 12.4 Å². The maximum absolute atomic E-state index is 11.3. The summed E-state index contributed by atoms with van der Waals surface area (Å²) >= 11 is 4.92. The number of nitriles is 1. The molecule has 0 fully saturated rings. The fraction of sp³-hybridized carbons (Fsp3) is 0.167. The average Bonchev–Trinajstić information content (AvgIpc) is 2.38. The zero-order chi connectivity index (χ0) is 14.4. The van der Waals surface area contributed by atoms with Gasteiger partial charge in [-0.2, -0.15) is 5.26 Å². The van der Waals surface area contributed by atoms with E-state index in [-0.39, 0.29) is 4.99 Å². The summed E-state index contributed by atoms with van der Waals surface area (Å²) in [4.78, 5) is 22.3. The van der Waals surface area contributed by atoms with Crippen LogP contribution in [0.25, 0.3) is 0 Å². The number of carbonyl (C=O) groups is 2. The van der Waals surface area contributed by atoms with Crippen LogP contribution in [0.2, 0.25) is 0 Å². The van der Waals surface area contributed by atoms with Gasteiger partial charge in [0, 0.05) is 5.69 Å². The molecular formula is C12H11N3O3S. The minimum Gasteiger partial charge on any atom is -0.465 e. The van der Waals surface area contributed by atoms with E-state index in [0.717, 1.165) is 0 Å². The van der Waals surface area contributed by atoms with Crippen molar-refractivity contribution in [1.82, 2.24) is 0 Å². The van der Waals surface area contributed by atoms with Gasteiger partial charge in [-0.15, -0.1) is 0 Å². The lowest BCUT2D eigenvalue weighted by Gasteiger charge is -2.11. The molecular weight excluding hydrogens is 266 g/mol. The van der Waals surface area contributed by atoms with Crippen molar-refractivity contribution in [1.29, 1.82) is 5.26 Å². The standard InChI is InChI=1S/C12H11N3O3S/c1-18-12(17)7-3-2-4-8(5-7)15-11(19)9(6-13)10(14)16/h2-5,9H,1H3,(H2,14,16)(H,15,19). The van der Waals surface area contributed by atoms with Crippen LogP contribution in [0, 0.1) is 17.2 Å². The van der Waals surface area contributed by atoms with Crippen LogP contribution in [0.5, 0.6) is 0 Å². The molecule has 0 aromatic heterocycles. The minimum absolute atomic E-state index is 0.0167. The molecule has 0 saturated heterocycles. The van der Waals surface area contributed by atoms with Crippen LogP contribution >= 0.6 is 12.2 Å². The van der Waals surface area contributed by atoms with Gasteiger partial charge in [0.2, 0.25) is 5.91 Å². The van der Waals surface area contributed by atoms with Crippen molar-refractivity contribution >= 4 is 34.8 Å². The van der Waals surface area contributed by atoms with E-state index < -0.39 is 17.8 Å². The Morgan fingerprint density at radius 2 is 2.21 bits per heavy atom. The number of hydrogen-bond donors (Lipinski definition) is 2. The van der Waals surface area contributed by atoms with Crippen molar-refractivity contribution in [3.05, 3.63) is 29.8 Å².